The van der Waals surface area contributed by atoms with Crippen LogP contribution < -0.4 is 5.73 Å². The second kappa shape index (κ2) is 5.56. The first-order valence-electron chi connectivity index (χ1n) is 4.50. The Labute approximate surface area is 70.8 Å². The van der Waals surface area contributed by atoms with Crippen LogP contribution >= 0.6 is 0 Å². The molecule has 1 aliphatic rings. The molecule has 1 aliphatic heterocycles. The summed E-state index contributed by atoms with van der Waals surface area (Å²) in [5.74, 6) is 1.90. The van der Waals surface area contributed by atoms with Crippen LogP contribution in [0.25, 0.3) is 0 Å². The van der Waals surface area contributed by atoms with Gasteiger partial charge in [-0.25, -0.2) is 0 Å². The third-order valence-electron chi connectivity index (χ3n) is 2.47. The summed E-state index contributed by atoms with van der Waals surface area (Å²) in [7, 11) is 3.71. The van der Waals surface area contributed by atoms with E-state index in [1.807, 2.05) is 0 Å². The second-order valence-corrected chi connectivity index (χ2v) is 3.37. The Balaban J connectivity index is 0.000000461. The van der Waals surface area contributed by atoms with Crippen LogP contribution in [0.2, 0.25) is 0 Å². The van der Waals surface area contributed by atoms with E-state index in [0.29, 0.717) is 0 Å². The van der Waals surface area contributed by atoms with E-state index in [0.717, 1.165) is 11.8 Å². The van der Waals surface area contributed by atoms with Gasteiger partial charge in [-0.3, -0.25) is 0 Å². The average molecular weight is 158 g/mol. The summed E-state index contributed by atoms with van der Waals surface area (Å²) >= 11 is 0. The molecule has 0 saturated carbocycles. The lowest BCUT2D eigenvalue weighted by Gasteiger charge is -2.09. The van der Waals surface area contributed by atoms with E-state index in [9.17, 15) is 0 Å². The van der Waals surface area contributed by atoms with E-state index in [4.69, 9.17) is 0 Å². The monoisotopic (exact) mass is 158 g/mol. The summed E-state index contributed by atoms with van der Waals surface area (Å²) in [5, 5.41) is 0. The maximum absolute atomic E-state index is 4.50. The van der Waals surface area contributed by atoms with Gasteiger partial charge in [0.2, 0.25) is 0 Å². The van der Waals surface area contributed by atoms with Crippen molar-refractivity contribution in [2.75, 3.05) is 27.2 Å². The molecule has 1 rings (SSSR count). The number of hydrogen-bond donors (Lipinski definition) is 1. The number of nitrogens with zero attached hydrogens (tertiary/aromatic N) is 1. The van der Waals surface area contributed by atoms with Crippen LogP contribution in [0, 0.1) is 11.8 Å². The van der Waals surface area contributed by atoms with Gasteiger partial charge in [0.05, 0.1) is 0 Å². The van der Waals surface area contributed by atoms with Crippen molar-refractivity contribution in [2.45, 2.75) is 20.3 Å². The highest BCUT2D eigenvalue weighted by molar-refractivity contribution is 4.77. The van der Waals surface area contributed by atoms with Gasteiger partial charge in [0.25, 0.3) is 0 Å². The standard InChI is InChI=1S/C8H17N.CH5N/c1-4-8-6-9(3)5-7(8)2;1-2/h7-8H,4-6H2,1-3H3;2H2,1H3. The Hall–Kier alpha value is -0.0800. The molecule has 0 spiro atoms. The van der Waals surface area contributed by atoms with Crippen LogP contribution in [0.3, 0.4) is 0 Å². The van der Waals surface area contributed by atoms with Crippen molar-refractivity contribution in [2.24, 2.45) is 17.6 Å². The van der Waals surface area contributed by atoms with Crippen LogP contribution in [0.4, 0.5) is 0 Å². The predicted octanol–water partition coefficient (Wildman–Crippen LogP) is 1.17. The molecule has 0 aromatic rings. The SMILES string of the molecule is CCC1CN(C)CC1C.CN. The van der Waals surface area contributed by atoms with Crippen molar-refractivity contribution in [3.8, 4) is 0 Å². The number of hydrogen-bond acceptors (Lipinski definition) is 2. The molecule has 2 N–H and O–H groups in total. The summed E-state index contributed by atoms with van der Waals surface area (Å²) in [4.78, 5) is 2.43. The van der Waals surface area contributed by atoms with Crippen LogP contribution in [0.5, 0.6) is 0 Å². The molecule has 2 heteroatoms. The van der Waals surface area contributed by atoms with Gasteiger partial charge in [-0.05, 0) is 25.9 Å². The Bertz CT molecular complexity index is 93.6. The van der Waals surface area contributed by atoms with E-state index < -0.39 is 0 Å². The highest BCUT2D eigenvalue weighted by Crippen LogP contribution is 2.23. The van der Waals surface area contributed by atoms with Crippen molar-refractivity contribution in [3.63, 3.8) is 0 Å². The first kappa shape index (κ1) is 10.9. The zero-order valence-electron chi connectivity index (χ0n) is 8.30. The summed E-state index contributed by atoms with van der Waals surface area (Å²) in [6.07, 6.45) is 1.35. The van der Waals surface area contributed by atoms with Crippen molar-refractivity contribution in [1.29, 1.82) is 0 Å². The van der Waals surface area contributed by atoms with Gasteiger partial charge < -0.3 is 10.6 Å². The molecule has 1 fully saturated rings. The van der Waals surface area contributed by atoms with Gasteiger partial charge >= 0.3 is 0 Å². The van der Waals surface area contributed by atoms with Crippen molar-refractivity contribution in [1.82, 2.24) is 4.90 Å². The minimum atomic E-state index is 0.931. The van der Waals surface area contributed by atoms with E-state index >= 15 is 0 Å². The lowest BCUT2D eigenvalue weighted by atomic mass is 9.96. The average Bonchev–Trinajstić information content (AvgIpc) is 2.33. The van der Waals surface area contributed by atoms with E-state index in [2.05, 4.69) is 31.5 Å². The topological polar surface area (TPSA) is 29.3 Å². The third kappa shape index (κ3) is 3.21. The fourth-order valence-corrected chi connectivity index (χ4v) is 1.83. The number of rotatable bonds is 1. The molecule has 1 heterocycles. The summed E-state index contributed by atoms with van der Waals surface area (Å²) < 4.78 is 0. The third-order valence-corrected chi connectivity index (χ3v) is 2.47. The Morgan fingerprint density at radius 3 is 2.09 bits per heavy atom. The molecule has 2 unspecified atom stereocenters. The number of nitrogens with two attached hydrogens (primary N) is 1. The van der Waals surface area contributed by atoms with E-state index in [1.54, 1.807) is 0 Å². The molecule has 68 valence electrons. The van der Waals surface area contributed by atoms with Gasteiger partial charge in [-0.1, -0.05) is 20.3 Å². The zero-order valence-corrected chi connectivity index (χ0v) is 8.30. The van der Waals surface area contributed by atoms with Crippen molar-refractivity contribution in [3.05, 3.63) is 0 Å². The smallest absolute Gasteiger partial charge is 0.000965 e. The van der Waals surface area contributed by atoms with E-state index in [1.165, 1.54) is 26.6 Å². The molecular formula is C9H22N2. The molecular weight excluding hydrogens is 136 g/mol. The maximum Gasteiger partial charge on any atom is 0.000965 e. The Kier molecular flexibility index (Phi) is 5.51. The molecule has 0 aromatic heterocycles. The van der Waals surface area contributed by atoms with Gasteiger partial charge in [-0.15, -0.1) is 0 Å². The zero-order chi connectivity index (χ0) is 8.85. The van der Waals surface area contributed by atoms with Gasteiger partial charge in [-0.2, -0.15) is 0 Å². The number of likely N-dealkylation sites (tertiary alicyclic amines) is 1. The molecule has 0 aromatic carbocycles. The predicted molar refractivity (Wildman–Crippen MR) is 50.6 cm³/mol. The summed E-state index contributed by atoms with van der Waals surface area (Å²) in [6, 6.07) is 0. The van der Waals surface area contributed by atoms with Crippen LogP contribution in [-0.4, -0.2) is 32.1 Å². The van der Waals surface area contributed by atoms with Crippen LogP contribution in [0.1, 0.15) is 20.3 Å². The Morgan fingerprint density at radius 2 is 1.91 bits per heavy atom. The first-order valence-corrected chi connectivity index (χ1v) is 4.50. The minimum Gasteiger partial charge on any atom is -0.333 e. The molecule has 2 atom stereocenters. The summed E-state index contributed by atoms with van der Waals surface area (Å²) in [6.45, 7) is 7.27. The van der Waals surface area contributed by atoms with Crippen LogP contribution in [0.15, 0.2) is 0 Å². The largest absolute Gasteiger partial charge is 0.333 e. The first-order chi connectivity index (χ1) is 5.24. The van der Waals surface area contributed by atoms with Crippen molar-refractivity contribution < 1.29 is 0 Å². The van der Waals surface area contributed by atoms with Gasteiger partial charge in [0.1, 0.15) is 0 Å². The lowest BCUT2D eigenvalue weighted by Crippen LogP contribution is -2.13. The van der Waals surface area contributed by atoms with E-state index in [-0.39, 0.29) is 0 Å². The van der Waals surface area contributed by atoms with Crippen LogP contribution in [-0.2, 0) is 0 Å². The molecule has 1 saturated heterocycles. The highest BCUT2D eigenvalue weighted by atomic mass is 15.1. The van der Waals surface area contributed by atoms with Gasteiger partial charge in [0, 0.05) is 13.1 Å². The second-order valence-electron chi connectivity index (χ2n) is 3.37. The molecule has 0 radical (unpaired) electrons. The quantitative estimate of drug-likeness (QED) is 0.620. The normalized spacial score (nSPS) is 31.4. The fraction of sp³-hybridized carbons (Fsp3) is 1.00. The molecule has 0 bridgehead atoms. The van der Waals surface area contributed by atoms with Crippen molar-refractivity contribution >= 4 is 0 Å². The Morgan fingerprint density at radius 1 is 1.36 bits per heavy atom. The molecule has 0 amide bonds. The highest BCUT2D eigenvalue weighted by Gasteiger charge is 2.24. The summed E-state index contributed by atoms with van der Waals surface area (Å²) in [5.41, 5.74) is 4.50. The molecule has 0 aliphatic carbocycles. The van der Waals surface area contributed by atoms with Gasteiger partial charge in [0.15, 0.2) is 0 Å². The fourth-order valence-electron chi connectivity index (χ4n) is 1.83. The maximum atomic E-state index is 4.50. The minimum absolute atomic E-state index is 0.931. The molecule has 2 nitrogen and oxygen atoms in total. The lowest BCUT2D eigenvalue weighted by molar-refractivity contribution is 0.392. The molecule has 11 heavy (non-hydrogen) atoms.